The number of β-lactam (4-membered cyclic amide) rings is 1. The number of nitrogens with zero attached hydrogens (tertiary/aromatic N) is 6. The van der Waals surface area contributed by atoms with Crippen LogP contribution < -0.4 is 20.3 Å². The Bertz CT molecular complexity index is 2000. The van der Waals surface area contributed by atoms with Gasteiger partial charge in [0.05, 0.1) is 20.1 Å². The van der Waals surface area contributed by atoms with Crippen LogP contribution in [0.1, 0.15) is 24.1 Å². The molecule has 0 radical (unpaired) electrons. The second-order valence-electron chi connectivity index (χ2n) is 12.8. The van der Waals surface area contributed by atoms with Gasteiger partial charge in [0.25, 0.3) is 11.8 Å². The third kappa shape index (κ3) is 7.59. The molecule has 6 amide bonds. The maximum Gasteiger partial charge on any atom is 0.352 e. The summed E-state index contributed by atoms with van der Waals surface area (Å²) in [4.78, 5) is 94.8. The van der Waals surface area contributed by atoms with Gasteiger partial charge in [0.2, 0.25) is 30.9 Å². The van der Waals surface area contributed by atoms with Crippen molar-refractivity contribution in [2.24, 2.45) is 0 Å². The summed E-state index contributed by atoms with van der Waals surface area (Å²) in [7, 11) is 1.96. The second-order valence-corrected chi connectivity index (χ2v) is 14.9. The number of hydrogen-bond acceptors (Lipinski definition) is 10. The molecule has 16 nitrogen and oxygen atoms in total. The Balaban J connectivity index is 1.21. The highest BCUT2D eigenvalue weighted by molar-refractivity contribution is 8.01. The molecule has 18 heteroatoms. The number of amides is 6. The van der Waals surface area contributed by atoms with Gasteiger partial charge in [-0.05, 0) is 23.6 Å². The third-order valence-corrected chi connectivity index (χ3v) is 12.0. The number of carboxylic acid groups (broad SMARTS) is 1. The Morgan fingerprint density at radius 1 is 1.02 bits per heavy atom. The van der Waals surface area contributed by atoms with E-state index in [1.807, 2.05) is 71.6 Å². The number of nitrogens with one attached hydrogen (secondary N) is 2. The van der Waals surface area contributed by atoms with Crippen LogP contribution in [0.5, 0.6) is 0 Å². The summed E-state index contributed by atoms with van der Waals surface area (Å²) in [6.45, 7) is 2.69. The maximum atomic E-state index is 14.3. The van der Waals surface area contributed by atoms with E-state index in [4.69, 9.17) is 0 Å². The van der Waals surface area contributed by atoms with E-state index in [1.165, 1.54) is 28.8 Å². The molecular weight excluding hydrogens is 749 g/mol. The SMILES string of the molecule is CCN1CCN(N(C=O)[C@@H](C(=O)N[C@]2(NC=O)C(=O)N3C(C(=O)O)=C(CSc4cc[n+](N(C)Cc5ccccc5)cc4)CS[C@@H]32)c2ccccc2)C(=O)C1=O. The molecule has 3 aromatic rings. The van der Waals surface area contributed by atoms with Gasteiger partial charge in [-0.25, -0.2) is 14.8 Å². The van der Waals surface area contributed by atoms with Crippen molar-refractivity contribution in [2.45, 2.75) is 35.4 Å². The van der Waals surface area contributed by atoms with Gasteiger partial charge in [-0.1, -0.05) is 65.3 Å². The van der Waals surface area contributed by atoms with Crippen LogP contribution in [0.15, 0.2) is 101 Å². The molecule has 3 N–H and O–H groups in total. The van der Waals surface area contributed by atoms with Crippen molar-refractivity contribution in [1.29, 1.82) is 0 Å². The van der Waals surface area contributed by atoms with E-state index in [0.717, 1.165) is 37.1 Å². The van der Waals surface area contributed by atoms with Gasteiger partial charge < -0.3 is 20.6 Å². The topological polar surface area (TPSA) is 184 Å². The molecule has 2 aromatic carbocycles. The van der Waals surface area contributed by atoms with Gasteiger partial charge in [-0.15, -0.1) is 23.5 Å². The molecule has 4 heterocycles. The fourth-order valence-corrected chi connectivity index (χ4v) is 9.15. The van der Waals surface area contributed by atoms with Gasteiger partial charge in [0.1, 0.15) is 11.1 Å². The molecule has 3 aliphatic heterocycles. The van der Waals surface area contributed by atoms with E-state index in [-0.39, 0.29) is 55.2 Å². The number of piperazine rings is 1. The number of hydrogen-bond donors (Lipinski definition) is 3. The number of carbonyl (C=O) groups is 7. The number of aliphatic carboxylic acids is 1. The number of rotatable bonds is 16. The summed E-state index contributed by atoms with van der Waals surface area (Å²) >= 11 is 2.56. The van der Waals surface area contributed by atoms with Gasteiger partial charge in [-0.2, -0.15) is 5.01 Å². The van der Waals surface area contributed by atoms with Gasteiger partial charge in [0.15, 0.2) is 6.04 Å². The van der Waals surface area contributed by atoms with Crippen LogP contribution in [-0.4, -0.2) is 117 Å². The van der Waals surface area contributed by atoms with E-state index < -0.39 is 46.7 Å². The van der Waals surface area contributed by atoms with E-state index in [1.54, 1.807) is 25.1 Å². The maximum absolute atomic E-state index is 14.3. The lowest BCUT2D eigenvalue weighted by Gasteiger charge is -2.56. The first-order chi connectivity index (χ1) is 26.5. The molecule has 2 saturated heterocycles. The molecule has 0 aliphatic carbocycles. The monoisotopic (exact) mass is 787 g/mol. The minimum absolute atomic E-state index is 0.0848. The van der Waals surface area contributed by atoms with E-state index in [0.29, 0.717) is 12.1 Å². The van der Waals surface area contributed by atoms with Crippen molar-refractivity contribution in [3.8, 4) is 0 Å². The first-order valence-corrected chi connectivity index (χ1v) is 19.3. The molecule has 55 heavy (non-hydrogen) atoms. The highest BCUT2D eigenvalue weighted by atomic mass is 32.2. The molecule has 0 unspecified atom stereocenters. The van der Waals surface area contributed by atoms with Gasteiger partial charge in [0, 0.05) is 41.6 Å². The molecular formula is C37H39N8O8S2+. The van der Waals surface area contributed by atoms with Gasteiger partial charge in [-0.3, -0.25) is 33.7 Å². The number of thioether (sulfide) groups is 2. The first kappa shape index (κ1) is 38.8. The average Bonchev–Trinajstić information content (AvgIpc) is 3.20. The third-order valence-electron chi connectivity index (χ3n) is 9.49. The second kappa shape index (κ2) is 16.6. The minimum atomic E-state index is -2.09. The van der Waals surface area contributed by atoms with Crippen molar-refractivity contribution in [2.75, 3.05) is 43.2 Å². The summed E-state index contributed by atoms with van der Waals surface area (Å²) in [5.41, 5.74) is -0.478. The molecule has 3 aliphatic rings. The summed E-state index contributed by atoms with van der Waals surface area (Å²) in [6, 6.07) is 20.2. The van der Waals surface area contributed by atoms with Crippen LogP contribution >= 0.6 is 23.5 Å². The highest BCUT2D eigenvalue weighted by Gasteiger charge is 2.66. The molecule has 3 atom stereocenters. The smallest absolute Gasteiger partial charge is 0.352 e. The largest absolute Gasteiger partial charge is 0.477 e. The Kier molecular flexibility index (Phi) is 11.8. The highest BCUT2D eigenvalue weighted by Crippen LogP contribution is 2.46. The summed E-state index contributed by atoms with van der Waals surface area (Å²) in [5.74, 6) is -4.67. The number of pyridine rings is 1. The number of fused-ring (bicyclic) bond motifs is 1. The molecule has 0 bridgehead atoms. The zero-order valence-electron chi connectivity index (χ0n) is 29.9. The predicted octanol–water partition coefficient (Wildman–Crippen LogP) is 0.452. The quantitative estimate of drug-likeness (QED) is 0.0458. The molecule has 286 valence electrons. The predicted molar refractivity (Wildman–Crippen MR) is 201 cm³/mol. The van der Waals surface area contributed by atoms with Crippen molar-refractivity contribution in [1.82, 2.24) is 30.5 Å². The van der Waals surface area contributed by atoms with E-state index >= 15 is 0 Å². The summed E-state index contributed by atoms with van der Waals surface area (Å²) in [5, 5.41) is 18.0. The lowest BCUT2D eigenvalue weighted by molar-refractivity contribution is -0.692. The van der Waals surface area contributed by atoms with Crippen LogP contribution in [0.2, 0.25) is 0 Å². The molecule has 0 spiro atoms. The normalized spacial score (nSPS) is 19.9. The first-order valence-electron chi connectivity index (χ1n) is 17.3. The Hall–Kier alpha value is -5.88. The van der Waals surface area contributed by atoms with E-state index in [2.05, 4.69) is 10.6 Å². The Labute approximate surface area is 325 Å². The zero-order valence-corrected chi connectivity index (χ0v) is 31.6. The molecule has 1 aromatic heterocycles. The van der Waals surface area contributed by atoms with Crippen molar-refractivity contribution < 1.29 is 43.3 Å². The van der Waals surface area contributed by atoms with Crippen molar-refractivity contribution >= 4 is 65.9 Å². The molecule has 2 fully saturated rings. The Morgan fingerprint density at radius 2 is 1.69 bits per heavy atom. The number of carboxylic acids is 1. The standard InChI is InChI=1S/C37H38N8O8S2/c1-3-41-18-19-43(33(50)32(41)49)44(24-47)29(26-12-8-5-9-13-26)31(48)39-37(38-23-46)35(53)45-30(34(51)52)27(22-55-36(37)45)21-54-28-14-16-42(17-15-28)40(2)20-25-10-6-4-7-11-25/h4-17,23-24,29,36H,3,18-22H2,1-2H3,(H2-,38,39,46,48,51,52)/p+1/t29-,36-,37-/m1/s1. The molecule has 0 saturated carbocycles. The van der Waals surface area contributed by atoms with Crippen LogP contribution in [0, 0.1) is 0 Å². The van der Waals surface area contributed by atoms with Crippen LogP contribution in [0.4, 0.5) is 0 Å². The summed E-state index contributed by atoms with van der Waals surface area (Å²) in [6.07, 6.45) is 4.28. The fourth-order valence-electron chi connectivity index (χ4n) is 6.70. The average molecular weight is 788 g/mol. The molecule has 6 rings (SSSR count). The van der Waals surface area contributed by atoms with Crippen molar-refractivity contribution in [3.63, 3.8) is 0 Å². The number of aromatic nitrogens is 1. The fraction of sp³-hybridized carbons (Fsp3) is 0.297. The van der Waals surface area contributed by atoms with Gasteiger partial charge >= 0.3 is 17.8 Å². The number of carbonyl (C=O) groups excluding carboxylic acids is 6. The van der Waals surface area contributed by atoms with Crippen LogP contribution in [0.25, 0.3) is 0 Å². The minimum Gasteiger partial charge on any atom is -0.477 e. The lowest BCUT2D eigenvalue weighted by atomic mass is 9.94. The summed E-state index contributed by atoms with van der Waals surface area (Å²) < 4.78 is 1.94. The number of likely N-dealkylation sites (N-methyl/N-ethyl adjacent to an activating group) is 1. The number of benzene rings is 2. The van der Waals surface area contributed by atoms with Crippen molar-refractivity contribution in [3.05, 3.63) is 108 Å². The number of hydrazine groups is 1. The van der Waals surface area contributed by atoms with Crippen LogP contribution in [0.3, 0.4) is 0 Å². The van der Waals surface area contributed by atoms with Crippen LogP contribution in [-0.2, 0) is 40.1 Å². The Morgan fingerprint density at radius 3 is 2.31 bits per heavy atom. The zero-order chi connectivity index (χ0) is 39.3. The lowest BCUT2D eigenvalue weighted by Crippen LogP contribution is -2.85. The van der Waals surface area contributed by atoms with E-state index in [9.17, 15) is 38.7 Å².